The minimum Gasteiger partial charge on any atom is -0.384 e. The van der Waals surface area contributed by atoms with Crippen LogP contribution in [0.3, 0.4) is 0 Å². The number of aryl methyl sites for hydroxylation is 1. The zero-order valence-corrected chi connectivity index (χ0v) is 9.56. The van der Waals surface area contributed by atoms with Gasteiger partial charge in [0.25, 0.3) is 0 Å². The number of aromatic amines is 1. The monoisotopic (exact) mass is 252 g/mol. The lowest BCUT2D eigenvalue weighted by molar-refractivity contribution is 0.595. The summed E-state index contributed by atoms with van der Waals surface area (Å²) in [6.07, 6.45) is 1.49. The lowest BCUT2D eigenvalue weighted by atomic mass is 10.6. The third kappa shape index (κ3) is 2.50. The van der Waals surface area contributed by atoms with Crippen LogP contribution >= 0.6 is 11.8 Å². The Kier molecular flexibility index (Phi) is 2.91. The number of nitrogens with zero attached hydrogens (tertiary/aromatic N) is 4. The van der Waals surface area contributed by atoms with Crippen LogP contribution in [0.1, 0.15) is 0 Å². The number of nitrogen functional groups attached to an aromatic ring is 1. The highest BCUT2D eigenvalue weighted by molar-refractivity contribution is 7.99. The normalized spacial score (nSPS) is 10.4. The van der Waals surface area contributed by atoms with Crippen molar-refractivity contribution in [2.45, 2.75) is 10.3 Å². The predicted octanol–water partition coefficient (Wildman–Crippen LogP) is -1.01. The van der Waals surface area contributed by atoms with Gasteiger partial charge in [-0.05, 0) is 17.8 Å². The fraction of sp³-hybridized carbons (Fsp3) is 0.125. The van der Waals surface area contributed by atoms with E-state index >= 15 is 0 Å². The molecule has 2 aromatic rings. The van der Waals surface area contributed by atoms with Crippen molar-refractivity contribution in [3.63, 3.8) is 0 Å². The molecule has 0 spiro atoms. The zero-order valence-electron chi connectivity index (χ0n) is 8.75. The molecule has 2 rings (SSSR count). The number of aromatic nitrogens is 5. The lowest BCUT2D eigenvalue weighted by Crippen LogP contribution is -2.33. The van der Waals surface area contributed by atoms with E-state index in [1.54, 1.807) is 13.1 Å². The van der Waals surface area contributed by atoms with Gasteiger partial charge in [-0.25, -0.2) is 9.97 Å². The molecule has 3 N–H and O–H groups in total. The molecule has 0 atom stereocenters. The topological polar surface area (TPSA) is 120 Å². The maximum absolute atomic E-state index is 11.1. The number of hydrogen-bond acceptors (Lipinski definition) is 7. The minimum absolute atomic E-state index is 0.278. The van der Waals surface area contributed by atoms with Crippen molar-refractivity contribution in [2.24, 2.45) is 7.05 Å². The first-order valence-corrected chi connectivity index (χ1v) is 5.31. The Balaban J connectivity index is 2.40. The van der Waals surface area contributed by atoms with Crippen LogP contribution in [-0.4, -0.2) is 24.7 Å². The molecule has 2 aromatic heterocycles. The van der Waals surface area contributed by atoms with Crippen molar-refractivity contribution < 1.29 is 0 Å². The van der Waals surface area contributed by atoms with Gasteiger partial charge in [-0.3, -0.25) is 19.4 Å². The maximum atomic E-state index is 11.1. The van der Waals surface area contributed by atoms with Crippen LogP contribution in [0.25, 0.3) is 0 Å². The van der Waals surface area contributed by atoms with Gasteiger partial charge in [-0.2, -0.15) is 4.98 Å². The van der Waals surface area contributed by atoms with Gasteiger partial charge >= 0.3 is 11.1 Å². The Morgan fingerprint density at radius 2 is 2.18 bits per heavy atom. The van der Waals surface area contributed by atoms with Crippen LogP contribution in [0.5, 0.6) is 0 Å². The van der Waals surface area contributed by atoms with Crippen LogP contribution in [-0.2, 0) is 7.05 Å². The minimum atomic E-state index is -0.852. The number of nitrogens with one attached hydrogen (secondary N) is 1. The summed E-state index contributed by atoms with van der Waals surface area (Å²) in [6, 6.07) is 1.55. The first-order chi connectivity index (χ1) is 8.06. The highest BCUT2D eigenvalue weighted by Crippen LogP contribution is 2.20. The first-order valence-electron chi connectivity index (χ1n) is 4.50. The van der Waals surface area contributed by atoms with Crippen LogP contribution in [0.4, 0.5) is 5.82 Å². The summed E-state index contributed by atoms with van der Waals surface area (Å²) >= 11 is 1.03. The molecule has 9 heteroatoms. The van der Waals surface area contributed by atoms with E-state index < -0.39 is 11.1 Å². The van der Waals surface area contributed by atoms with Gasteiger partial charge in [0, 0.05) is 13.2 Å². The predicted molar refractivity (Wildman–Crippen MR) is 60.7 cm³/mol. The number of anilines is 1. The van der Waals surface area contributed by atoms with Crippen molar-refractivity contribution in [3.8, 4) is 0 Å². The van der Waals surface area contributed by atoms with Gasteiger partial charge < -0.3 is 5.73 Å². The van der Waals surface area contributed by atoms with Crippen molar-refractivity contribution in [1.29, 1.82) is 0 Å². The summed E-state index contributed by atoms with van der Waals surface area (Å²) in [5, 5.41) is 2.95. The van der Waals surface area contributed by atoms with Crippen LogP contribution in [0.2, 0.25) is 0 Å². The molecule has 0 saturated carbocycles. The molecule has 0 aromatic carbocycles. The molecule has 2 heterocycles. The van der Waals surface area contributed by atoms with Crippen LogP contribution < -0.4 is 16.9 Å². The Bertz CT molecular complexity index is 664. The van der Waals surface area contributed by atoms with E-state index in [1.165, 1.54) is 10.9 Å². The molecule has 0 aliphatic rings. The summed E-state index contributed by atoms with van der Waals surface area (Å²) in [6.45, 7) is 0. The first kappa shape index (κ1) is 11.3. The van der Waals surface area contributed by atoms with Crippen molar-refractivity contribution >= 4 is 17.6 Å². The fourth-order valence-corrected chi connectivity index (χ4v) is 1.78. The van der Waals surface area contributed by atoms with E-state index in [9.17, 15) is 9.59 Å². The van der Waals surface area contributed by atoms with Crippen molar-refractivity contribution in [2.75, 3.05) is 5.73 Å². The molecule has 0 fully saturated rings. The smallest absolute Gasteiger partial charge is 0.339 e. The Morgan fingerprint density at radius 1 is 1.41 bits per heavy atom. The van der Waals surface area contributed by atoms with Crippen molar-refractivity contribution in [3.05, 3.63) is 33.0 Å². The third-order valence-corrected chi connectivity index (χ3v) is 2.71. The SMILES string of the molecule is Cn1[nH]c(=O)c(=O)nc1Sc1nccc(N)n1. The molecule has 0 amide bonds. The van der Waals surface area contributed by atoms with E-state index in [4.69, 9.17) is 5.73 Å². The van der Waals surface area contributed by atoms with E-state index in [1.807, 2.05) is 0 Å². The van der Waals surface area contributed by atoms with E-state index in [0.717, 1.165) is 11.8 Å². The second-order valence-corrected chi connectivity index (χ2v) is 4.00. The summed E-state index contributed by atoms with van der Waals surface area (Å²) in [7, 11) is 1.56. The quantitative estimate of drug-likeness (QED) is 0.519. The molecule has 0 saturated heterocycles. The zero-order chi connectivity index (χ0) is 12.4. The number of nitrogens with two attached hydrogens (primary N) is 1. The molecule has 17 heavy (non-hydrogen) atoms. The molecule has 8 nitrogen and oxygen atoms in total. The fourth-order valence-electron chi connectivity index (χ4n) is 1.04. The second-order valence-electron chi connectivity index (χ2n) is 3.07. The maximum Gasteiger partial charge on any atom is 0.339 e. The summed E-state index contributed by atoms with van der Waals surface area (Å²) in [4.78, 5) is 33.6. The highest BCUT2D eigenvalue weighted by atomic mass is 32.2. The van der Waals surface area contributed by atoms with Gasteiger partial charge in [0.2, 0.25) is 0 Å². The van der Waals surface area contributed by atoms with Gasteiger partial charge in [-0.1, -0.05) is 0 Å². The van der Waals surface area contributed by atoms with Gasteiger partial charge in [-0.15, -0.1) is 0 Å². The summed E-state index contributed by atoms with van der Waals surface area (Å²) in [5.74, 6) is 0.317. The number of rotatable bonds is 2. The van der Waals surface area contributed by atoms with Crippen LogP contribution in [0, 0.1) is 0 Å². The Morgan fingerprint density at radius 3 is 2.88 bits per heavy atom. The average molecular weight is 252 g/mol. The summed E-state index contributed by atoms with van der Waals surface area (Å²) in [5.41, 5.74) is 3.87. The second kappa shape index (κ2) is 4.37. The average Bonchev–Trinajstić information content (AvgIpc) is 2.26. The lowest BCUT2D eigenvalue weighted by Gasteiger charge is -2.04. The van der Waals surface area contributed by atoms with Gasteiger partial charge in [0.15, 0.2) is 10.3 Å². The Hall–Kier alpha value is -2.16. The molecule has 0 radical (unpaired) electrons. The van der Waals surface area contributed by atoms with E-state index in [0.29, 0.717) is 11.0 Å². The van der Waals surface area contributed by atoms with Gasteiger partial charge in [0.05, 0.1) is 0 Å². The molecule has 0 unspecified atom stereocenters. The molecule has 0 aliphatic heterocycles. The van der Waals surface area contributed by atoms with Gasteiger partial charge in [0.1, 0.15) is 5.82 Å². The highest BCUT2D eigenvalue weighted by Gasteiger charge is 2.08. The molecule has 0 bridgehead atoms. The largest absolute Gasteiger partial charge is 0.384 e. The molecule has 88 valence electrons. The van der Waals surface area contributed by atoms with E-state index in [2.05, 4.69) is 20.1 Å². The number of H-pyrrole nitrogens is 1. The standard InChI is InChI=1S/C8H8N6O2S/c1-14-8(12-5(15)6(16)13-14)17-7-10-3-2-4(9)11-7/h2-3H,1H3,(H,13,16)(H2,9,10,11). The molecular weight excluding hydrogens is 244 g/mol. The van der Waals surface area contributed by atoms with Crippen molar-refractivity contribution in [1.82, 2.24) is 24.7 Å². The number of hydrogen-bond donors (Lipinski definition) is 2. The van der Waals surface area contributed by atoms with E-state index in [-0.39, 0.29) is 5.16 Å². The molecular formula is C8H8N6O2S. The van der Waals surface area contributed by atoms with Crippen LogP contribution in [0.15, 0.2) is 32.2 Å². The third-order valence-electron chi connectivity index (χ3n) is 1.79. The summed E-state index contributed by atoms with van der Waals surface area (Å²) < 4.78 is 1.32. The Labute approximate surface area is 98.9 Å². The molecule has 0 aliphatic carbocycles.